The van der Waals surface area contributed by atoms with Gasteiger partial charge >= 0.3 is 5.97 Å². The monoisotopic (exact) mass is 250 g/mol. The van der Waals surface area contributed by atoms with E-state index in [2.05, 4.69) is 4.74 Å². The summed E-state index contributed by atoms with van der Waals surface area (Å²) in [5, 5.41) is -2.38. The highest BCUT2D eigenvalue weighted by molar-refractivity contribution is 6.69. The molecule has 0 radical (unpaired) electrons. The first kappa shape index (κ1) is 11.9. The molecule has 80 valence electrons. The second kappa shape index (κ2) is 4.12. The summed E-state index contributed by atoms with van der Waals surface area (Å²) in [4.78, 5) is 44.0. The SMILES string of the molecule is CC(=O)OC1=C(Cl)C(=O)C(=O)C(Cl)C1=O. The molecule has 1 rings (SSSR count). The Hall–Kier alpha value is -1.20. The van der Waals surface area contributed by atoms with E-state index in [1.807, 2.05) is 0 Å². The average Bonchev–Trinajstić information content (AvgIpc) is 2.18. The maximum Gasteiger partial charge on any atom is 0.308 e. The van der Waals surface area contributed by atoms with E-state index in [0.717, 1.165) is 6.92 Å². The molecule has 5 nitrogen and oxygen atoms in total. The van der Waals surface area contributed by atoms with E-state index in [9.17, 15) is 19.2 Å². The fourth-order valence-electron chi connectivity index (χ4n) is 0.908. The minimum atomic E-state index is -1.67. The van der Waals surface area contributed by atoms with E-state index >= 15 is 0 Å². The molecule has 0 N–H and O–H groups in total. The summed E-state index contributed by atoms with van der Waals surface area (Å²) in [6.07, 6.45) is 0. The molecule has 1 unspecified atom stereocenters. The predicted octanol–water partition coefficient (Wildman–Crippen LogP) is 0.328. The molecule has 0 aromatic carbocycles. The van der Waals surface area contributed by atoms with Crippen molar-refractivity contribution in [3.8, 4) is 0 Å². The number of esters is 1. The lowest BCUT2D eigenvalue weighted by atomic mass is 10.0. The Balaban J connectivity index is 3.21. The third-order valence-corrected chi connectivity index (χ3v) is 2.29. The number of hydrogen-bond acceptors (Lipinski definition) is 5. The van der Waals surface area contributed by atoms with Crippen molar-refractivity contribution in [3.63, 3.8) is 0 Å². The zero-order valence-electron chi connectivity index (χ0n) is 7.37. The zero-order chi connectivity index (χ0) is 11.7. The van der Waals surface area contributed by atoms with Crippen molar-refractivity contribution in [2.75, 3.05) is 0 Å². The molecule has 1 aliphatic carbocycles. The fraction of sp³-hybridized carbons (Fsp3) is 0.250. The Labute approximate surface area is 94.0 Å². The van der Waals surface area contributed by atoms with Gasteiger partial charge in [0.25, 0.3) is 0 Å². The lowest BCUT2D eigenvalue weighted by Gasteiger charge is -2.15. The fourth-order valence-corrected chi connectivity index (χ4v) is 1.33. The van der Waals surface area contributed by atoms with E-state index in [0.29, 0.717) is 0 Å². The molecule has 0 fully saturated rings. The number of Topliss-reactive ketones (excluding diaryl/α,β-unsaturated/α-hetero) is 3. The number of carbonyl (C=O) groups excluding carboxylic acids is 4. The smallest absolute Gasteiger partial charge is 0.308 e. The van der Waals surface area contributed by atoms with Gasteiger partial charge in [-0.3, -0.25) is 19.2 Å². The Morgan fingerprint density at radius 3 is 2.27 bits per heavy atom. The van der Waals surface area contributed by atoms with Gasteiger partial charge in [-0.15, -0.1) is 11.6 Å². The van der Waals surface area contributed by atoms with Crippen molar-refractivity contribution >= 4 is 46.5 Å². The van der Waals surface area contributed by atoms with Gasteiger partial charge in [0.15, 0.2) is 11.1 Å². The minimum Gasteiger partial charge on any atom is -0.421 e. The van der Waals surface area contributed by atoms with E-state index < -0.39 is 39.5 Å². The number of ketones is 3. The van der Waals surface area contributed by atoms with Crippen LogP contribution in [0.3, 0.4) is 0 Å². The van der Waals surface area contributed by atoms with Crippen LogP contribution in [0, 0.1) is 0 Å². The molecule has 0 bridgehead atoms. The Morgan fingerprint density at radius 2 is 1.80 bits per heavy atom. The Kier molecular flexibility index (Phi) is 3.26. The molecule has 1 aliphatic rings. The van der Waals surface area contributed by atoms with Crippen LogP contribution in [0.25, 0.3) is 0 Å². The van der Waals surface area contributed by atoms with Gasteiger partial charge in [0.2, 0.25) is 17.3 Å². The third kappa shape index (κ3) is 2.08. The molecular weight excluding hydrogens is 247 g/mol. The van der Waals surface area contributed by atoms with E-state index in [4.69, 9.17) is 23.2 Å². The van der Waals surface area contributed by atoms with Crippen LogP contribution in [0.5, 0.6) is 0 Å². The molecular formula is C8H4Cl2O5. The number of halogens is 2. The topological polar surface area (TPSA) is 77.5 Å². The standard InChI is InChI=1S/C8H4Cl2O5/c1-2(11)15-8-4(10)6(13)5(12)3(9)7(8)14/h3H,1H3. The molecule has 0 saturated heterocycles. The van der Waals surface area contributed by atoms with Crippen LogP contribution in [-0.2, 0) is 23.9 Å². The van der Waals surface area contributed by atoms with Crippen LogP contribution in [-0.4, -0.2) is 28.7 Å². The summed E-state index contributed by atoms with van der Waals surface area (Å²) >= 11 is 10.7. The molecule has 1 atom stereocenters. The molecule has 0 amide bonds. The van der Waals surface area contributed by atoms with Crippen LogP contribution in [0.15, 0.2) is 10.8 Å². The van der Waals surface area contributed by atoms with Gasteiger partial charge in [-0.2, -0.15) is 0 Å². The van der Waals surface area contributed by atoms with Gasteiger partial charge in [-0.1, -0.05) is 11.6 Å². The Morgan fingerprint density at radius 1 is 1.27 bits per heavy atom. The van der Waals surface area contributed by atoms with Crippen molar-refractivity contribution in [2.24, 2.45) is 0 Å². The summed E-state index contributed by atoms with van der Waals surface area (Å²) in [6.45, 7) is 1.02. The van der Waals surface area contributed by atoms with Gasteiger partial charge in [-0.05, 0) is 0 Å². The molecule has 0 spiro atoms. The van der Waals surface area contributed by atoms with Crippen molar-refractivity contribution in [3.05, 3.63) is 10.8 Å². The second-order valence-electron chi connectivity index (χ2n) is 2.66. The zero-order valence-corrected chi connectivity index (χ0v) is 8.89. The second-order valence-corrected chi connectivity index (χ2v) is 3.47. The number of alkyl halides is 1. The average molecular weight is 251 g/mol. The van der Waals surface area contributed by atoms with Gasteiger partial charge in [0.1, 0.15) is 5.03 Å². The first-order chi connectivity index (χ1) is 6.86. The van der Waals surface area contributed by atoms with E-state index in [1.54, 1.807) is 0 Å². The number of rotatable bonds is 1. The van der Waals surface area contributed by atoms with Crippen LogP contribution >= 0.6 is 23.2 Å². The maximum atomic E-state index is 11.3. The van der Waals surface area contributed by atoms with Crippen LogP contribution < -0.4 is 0 Å². The van der Waals surface area contributed by atoms with Crippen molar-refractivity contribution < 1.29 is 23.9 Å². The van der Waals surface area contributed by atoms with E-state index in [1.165, 1.54) is 0 Å². The highest BCUT2D eigenvalue weighted by atomic mass is 35.5. The summed E-state index contributed by atoms with van der Waals surface area (Å²) in [5.41, 5.74) is 0. The normalized spacial score (nSPS) is 22.1. The molecule has 0 aromatic rings. The highest BCUT2D eigenvalue weighted by Gasteiger charge is 2.42. The highest BCUT2D eigenvalue weighted by Crippen LogP contribution is 2.24. The third-order valence-electron chi connectivity index (χ3n) is 1.55. The lowest BCUT2D eigenvalue weighted by Crippen LogP contribution is -2.39. The molecule has 15 heavy (non-hydrogen) atoms. The summed E-state index contributed by atoms with van der Waals surface area (Å²) in [7, 11) is 0. The van der Waals surface area contributed by atoms with Gasteiger partial charge < -0.3 is 4.74 Å². The molecule has 0 saturated carbocycles. The molecule has 0 aromatic heterocycles. The number of carbonyl (C=O) groups is 4. The van der Waals surface area contributed by atoms with Crippen molar-refractivity contribution in [1.29, 1.82) is 0 Å². The summed E-state index contributed by atoms with van der Waals surface area (Å²) < 4.78 is 4.41. The summed E-state index contributed by atoms with van der Waals surface area (Å²) in [6, 6.07) is 0. The maximum absolute atomic E-state index is 11.3. The van der Waals surface area contributed by atoms with Crippen molar-refractivity contribution in [2.45, 2.75) is 12.3 Å². The van der Waals surface area contributed by atoms with E-state index in [-0.39, 0.29) is 0 Å². The first-order valence-corrected chi connectivity index (χ1v) is 4.52. The number of hydrogen-bond donors (Lipinski definition) is 0. The first-order valence-electron chi connectivity index (χ1n) is 3.71. The summed E-state index contributed by atoms with van der Waals surface area (Å²) in [5.74, 6) is -4.74. The molecule has 7 heteroatoms. The largest absolute Gasteiger partial charge is 0.421 e. The minimum absolute atomic E-state index is 0.672. The van der Waals surface area contributed by atoms with Gasteiger partial charge in [0.05, 0.1) is 0 Å². The number of allylic oxidation sites excluding steroid dienone is 2. The molecule has 0 heterocycles. The van der Waals surface area contributed by atoms with Crippen LogP contribution in [0.4, 0.5) is 0 Å². The predicted molar refractivity (Wildman–Crippen MR) is 49.3 cm³/mol. The quantitative estimate of drug-likeness (QED) is 0.290. The van der Waals surface area contributed by atoms with Crippen LogP contribution in [0.2, 0.25) is 0 Å². The Bertz CT molecular complexity index is 409. The molecule has 0 aliphatic heterocycles. The van der Waals surface area contributed by atoms with Gasteiger partial charge in [-0.25, -0.2) is 0 Å². The van der Waals surface area contributed by atoms with Gasteiger partial charge in [0, 0.05) is 6.92 Å². The van der Waals surface area contributed by atoms with Crippen LogP contribution in [0.1, 0.15) is 6.92 Å². The number of ether oxygens (including phenoxy) is 1. The van der Waals surface area contributed by atoms with Crippen molar-refractivity contribution in [1.82, 2.24) is 0 Å². The lowest BCUT2D eigenvalue weighted by molar-refractivity contribution is -0.143.